The molecule has 0 aliphatic carbocycles. The fourth-order valence-corrected chi connectivity index (χ4v) is 4.67. The third-order valence-electron chi connectivity index (χ3n) is 5.55. The molecule has 1 atom stereocenters. The number of hydrogen-bond acceptors (Lipinski definition) is 8. The van der Waals surface area contributed by atoms with Crippen LogP contribution >= 0.6 is 11.3 Å². The first-order valence-electron chi connectivity index (χ1n) is 11.1. The van der Waals surface area contributed by atoms with E-state index in [2.05, 4.69) is 15.6 Å². The molecule has 0 saturated heterocycles. The number of anilines is 2. The summed E-state index contributed by atoms with van der Waals surface area (Å²) in [5, 5.41) is 12.9. The molecule has 0 fully saturated rings. The smallest absolute Gasteiger partial charge is 0.257 e. The second-order valence-corrected chi connectivity index (χ2v) is 8.71. The third kappa shape index (κ3) is 4.35. The lowest BCUT2D eigenvalue weighted by atomic mass is 9.94. The number of carbonyl (C=O) groups excluding carboxylic acids is 1. The Morgan fingerprint density at radius 2 is 2.09 bits per heavy atom. The van der Waals surface area contributed by atoms with Crippen LogP contribution < -0.4 is 20.1 Å². The number of hydrogen-bond donors (Lipinski definition) is 2. The molecule has 4 aromatic rings. The van der Waals surface area contributed by atoms with E-state index in [4.69, 9.17) is 19.6 Å². The lowest BCUT2D eigenvalue weighted by molar-refractivity contribution is -0.113. The van der Waals surface area contributed by atoms with Crippen LogP contribution in [-0.2, 0) is 4.79 Å². The minimum atomic E-state index is -0.555. The van der Waals surface area contributed by atoms with Crippen molar-refractivity contribution in [1.29, 1.82) is 0 Å². The molecule has 10 heteroatoms. The van der Waals surface area contributed by atoms with Gasteiger partial charge in [0.05, 0.1) is 24.2 Å². The minimum absolute atomic E-state index is 0.287. The van der Waals surface area contributed by atoms with Gasteiger partial charge in [-0.3, -0.25) is 4.79 Å². The summed E-state index contributed by atoms with van der Waals surface area (Å²) >= 11 is 1.56. The predicted octanol–water partition coefficient (Wildman–Crippen LogP) is 4.74. The minimum Gasteiger partial charge on any atom is -0.493 e. The quantitative estimate of drug-likeness (QED) is 0.387. The molecule has 1 amide bonds. The van der Waals surface area contributed by atoms with Crippen molar-refractivity contribution in [3.8, 4) is 22.2 Å². The Hall–Kier alpha value is -4.18. The molecule has 4 heterocycles. The number of amides is 1. The number of benzene rings is 1. The highest BCUT2D eigenvalue weighted by molar-refractivity contribution is 7.13. The zero-order chi connectivity index (χ0) is 24.4. The maximum absolute atomic E-state index is 13.6. The Kier molecular flexibility index (Phi) is 6.19. The fourth-order valence-electron chi connectivity index (χ4n) is 4.01. The van der Waals surface area contributed by atoms with Gasteiger partial charge in [-0.05, 0) is 55.1 Å². The Balaban J connectivity index is 1.62. The van der Waals surface area contributed by atoms with Crippen LogP contribution in [0.25, 0.3) is 10.7 Å². The molecule has 9 nitrogen and oxygen atoms in total. The van der Waals surface area contributed by atoms with Gasteiger partial charge in [-0.25, -0.2) is 9.67 Å². The van der Waals surface area contributed by atoms with Gasteiger partial charge >= 0.3 is 0 Å². The zero-order valence-corrected chi connectivity index (χ0v) is 20.3. The molecule has 178 valence electrons. The summed E-state index contributed by atoms with van der Waals surface area (Å²) in [4.78, 5) is 23.4. The van der Waals surface area contributed by atoms with E-state index < -0.39 is 6.04 Å². The van der Waals surface area contributed by atoms with Crippen molar-refractivity contribution in [2.75, 3.05) is 24.4 Å². The van der Waals surface area contributed by atoms with Crippen molar-refractivity contribution < 1.29 is 14.3 Å². The Morgan fingerprint density at radius 3 is 2.80 bits per heavy atom. The Bertz CT molecular complexity index is 1380. The number of pyridine rings is 1. The van der Waals surface area contributed by atoms with Crippen molar-refractivity contribution in [1.82, 2.24) is 19.7 Å². The van der Waals surface area contributed by atoms with Crippen LogP contribution in [0.3, 0.4) is 0 Å². The average Bonchev–Trinajstić information content (AvgIpc) is 3.54. The first-order valence-corrected chi connectivity index (χ1v) is 12.0. The molecule has 0 saturated carbocycles. The molecular formula is C25H24N6O3S. The van der Waals surface area contributed by atoms with Crippen molar-refractivity contribution >= 4 is 29.0 Å². The molecule has 0 radical (unpaired) electrons. The summed E-state index contributed by atoms with van der Waals surface area (Å²) in [5.41, 5.74) is 1.98. The lowest BCUT2D eigenvalue weighted by Gasteiger charge is -2.29. The lowest BCUT2D eigenvalue weighted by Crippen LogP contribution is -2.31. The number of carbonyl (C=O) groups is 1. The molecule has 0 bridgehead atoms. The molecule has 1 aliphatic rings. The van der Waals surface area contributed by atoms with Gasteiger partial charge in [-0.1, -0.05) is 18.2 Å². The van der Waals surface area contributed by atoms with E-state index in [9.17, 15) is 4.79 Å². The summed E-state index contributed by atoms with van der Waals surface area (Å²) in [6.45, 7) is 4.28. The molecule has 1 unspecified atom stereocenters. The first kappa shape index (κ1) is 22.6. The zero-order valence-electron chi connectivity index (χ0n) is 19.5. The molecule has 1 aromatic carbocycles. The highest BCUT2D eigenvalue weighted by Crippen LogP contribution is 2.40. The average molecular weight is 489 g/mol. The van der Waals surface area contributed by atoms with Gasteiger partial charge < -0.3 is 20.1 Å². The van der Waals surface area contributed by atoms with E-state index in [1.807, 2.05) is 55.6 Å². The van der Waals surface area contributed by atoms with E-state index in [1.54, 1.807) is 41.5 Å². The van der Waals surface area contributed by atoms with E-state index in [0.717, 1.165) is 10.4 Å². The molecule has 1 aliphatic heterocycles. The van der Waals surface area contributed by atoms with Crippen LogP contribution in [0.5, 0.6) is 11.5 Å². The van der Waals surface area contributed by atoms with Gasteiger partial charge in [0, 0.05) is 11.9 Å². The summed E-state index contributed by atoms with van der Waals surface area (Å²) < 4.78 is 13.0. The van der Waals surface area contributed by atoms with Gasteiger partial charge in [-0.15, -0.1) is 16.4 Å². The normalized spacial score (nSPS) is 14.8. The van der Waals surface area contributed by atoms with Gasteiger partial charge in [0.15, 0.2) is 17.3 Å². The van der Waals surface area contributed by atoms with Crippen LogP contribution in [0.2, 0.25) is 0 Å². The number of aromatic nitrogens is 4. The second kappa shape index (κ2) is 9.59. The summed E-state index contributed by atoms with van der Waals surface area (Å²) in [5.74, 6) is 2.52. The molecule has 2 N–H and O–H groups in total. The van der Waals surface area contributed by atoms with E-state index in [1.165, 1.54) is 0 Å². The number of rotatable bonds is 7. The Morgan fingerprint density at radius 1 is 1.20 bits per heavy atom. The van der Waals surface area contributed by atoms with Gasteiger partial charge in [0.2, 0.25) is 5.95 Å². The predicted molar refractivity (Wildman–Crippen MR) is 135 cm³/mol. The van der Waals surface area contributed by atoms with E-state index in [0.29, 0.717) is 47.0 Å². The fraction of sp³-hybridized carbons (Fsp3) is 0.200. The molecule has 3 aromatic heterocycles. The van der Waals surface area contributed by atoms with Crippen molar-refractivity contribution in [2.24, 2.45) is 0 Å². The second-order valence-electron chi connectivity index (χ2n) is 7.76. The highest BCUT2D eigenvalue weighted by atomic mass is 32.1. The van der Waals surface area contributed by atoms with Crippen LogP contribution in [-0.4, -0.2) is 39.4 Å². The summed E-state index contributed by atoms with van der Waals surface area (Å²) in [6, 6.07) is 14.4. The number of nitrogens with one attached hydrogen (secondary N) is 2. The SMILES string of the molecule is CCOc1ccc(C2C(C(=O)Nc3ccccn3)=C(C)Nc3nc(-c4cccs4)nn32)cc1OC. The van der Waals surface area contributed by atoms with E-state index >= 15 is 0 Å². The van der Waals surface area contributed by atoms with Crippen LogP contribution in [0.15, 0.2) is 71.4 Å². The molecule has 35 heavy (non-hydrogen) atoms. The van der Waals surface area contributed by atoms with E-state index in [-0.39, 0.29) is 5.91 Å². The number of nitrogens with zero attached hydrogens (tertiary/aromatic N) is 4. The molecule has 0 spiro atoms. The topological polar surface area (TPSA) is 103 Å². The standard InChI is InChI=1S/C25H24N6O3S/c1-4-34-17-11-10-16(14-18(17)33-3)22-21(24(32)28-20-9-5-6-12-26-20)15(2)27-25-29-23(30-31(22)25)19-8-7-13-35-19/h5-14,22H,4H2,1-3H3,(H,26,28,32)(H,27,29,30). The number of thiophene rings is 1. The van der Waals surface area contributed by atoms with Crippen molar-refractivity contribution in [3.05, 3.63) is 76.9 Å². The van der Waals surface area contributed by atoms with Gasteiger partial charge in [0.25, 0.3) is 5.91 Å². The molecular weight excluding hydrogens is 464 g/mol. The largest absolute Gasteiger partial charge is 0.493 e. The number of fused-ring (bicyclic) bond motifs is 1. The monoisotopic (exact) mass is 488 g/mol. The Labute approximate surface area is 206 Å². The van der Waals surface area contributed by atoms with Crippen LogP contribution in [0.4, 0.5) is 11.8 Å². The summed E-state index contributed by atoms with van der Waals surface area (Å²) in [7, 11) is 1.59. The first-order chi connectivity index (χ1) is 17.1. The maximum Gasteiger partial charge on any atom is 0.257 e. The maximum atomic E-state index is 13.6. The third-order valence-corrected chi connectivity index (χ3v) is 6.41. The van der Waals surface area contributed by atoms with Crippen LogP contribution in [0, 0.1) is 0 Å². The summed E-state index contributed by atoms with van der Waals surface area (Å²) in [6.07, 6.45) is 1.63. The molecule has 5 rings (SSSR count). The number of methoxy groups -OCH3 is 1. The number of allylic oxidation sites excluding steroid dienone is 1. The van der Waals surface area contributed by atoms with Crippen molar-refractivity contribution in [2.45, 2.75) is 19.9 Å². The van der Waals surface area contributed by atoms with Gasteiger partial charge in [-0.2, -0.15) is 4.98 Å². The van der Waals surface area contributed by atoms with Crippen LogP contribution in [0.1, 0.15) is 25.5 Å². The van der Waals surface area contributed by atoms with Gasteiger partial charge in [0.1, 0.15) is 11.9 Å². The highest BCUT2D eigenvalue weighted by Gasteiger charge is 2.35. The number of ether oxygens (including phenoxy) is 2. The van der Waals surface area contributed by atoms with Crippen molar-refractivity contribution in [3.63, 3.8) is 0 Å².